The molecule has 1 saturated heterocycles. The summed E-state index contributed by atoms with van der Waals surface area (Å²) in [5.41, 5.74) is 1.25. The summed E-state index contributed by atoms with van der Waals surface area (Å²) in [7, 11) is 0. The van der Waals surface area contributed by atoms with Crippen LogP contribution in [0.4, 0.5) is 9.18 Å². The smallest absolute Gasteiger partial charge is 0.293 e. The van der Waals surface area contributed by atoms with Crippen LogP contribution in [-0.2, 0) is 17.8 Å². The Morgan fingerprint density at radius 2 is 2.10 bits per heavy atom. The van der Waals surface area contributed by atoms with Gasteiger partial charge in [-0.1, -0.05) is 23.7 Å². The highest BCUT2D eigenvalue weighted by molar-refractivity contribution is 8.18. The van der Waals surface area contributed by atoms with E-state index in [4.69, 9.17) is 16.3 Å². The molecule has 0 aromatic heterocycles. The van der Waals surface area contributed by atoms with Gasteiger partial charge in [-0.2, -0.15) is 0 Å². The molecule has 5 nitrogen and oxygen atoms in total. The number of hydrogen-bond donors (Lipinski definition) is 1. The largest absolute Gasteiger partial charge is 0.504 e. The van der Waals surface area contributed by atoms with Crippen LogP contribution in [-0.4, -0.2) is 27.8 Å². The molecule has 1 aliphatic rings. The van der Waals surface area contributed by atoms with Crippen LogP contribution in [0.3, 0.4) is 0 Å². The minimum atomic E-state index is -0.584. The Labute approximate surface area is 182 Å². The van der Waals surface area contributed by atoms with Crippen molar-refractivity contribution >= 4 is 40.6 Å². The third-order valence-electron chi connectivity index (χ3n) is 4.39. The Balaban J connectivity index is 1.92. The van der Waals surface area contributed by atoms with Crippen molar-refractivity contribution in [1.29, 1.82) is 0 Å². The average Bonchev–Trinajstić information content (AvgIpc) is 2.95. The van der Waals surface area contributed by atoms with Gasteiger partial charge in [0.1, 0.15) is 5.82 Å². The highest BCUT2D eigenvalue weighted by Gasteiger charge is 2.36. The second-order valence-electron chi connectivity index (χ2n) is 6.42. The van der Waals surface area contributed by atoms with Gasteiger partial charge in [-0.05, 0) is 61.0 Å². The molecule has 0 atom stereocenters. The van der Waals surface area contributed by atoms with E-state index < -0.39 is 17.0 Å². The highest BCUT2D eigenvalue weighted by atomic mass is 35.5. The lowest BCUT2D eigenvalue weighted by molar-refractivity contribution is -0.123. The molecule has 1 fully saturated rings. The molecule has 0 bridgehead atoms. The summed E-state index contributed by atoms with van der Waals surface area (Å²) in [4.78, 5) is 26.3. The Morgan fingerprint density at radius 3 is 2.77 bits per heavy atom. The Bertz CT molecular complexity index is 1030. The van der Waals surface area contributed by atoms with Gasteiger partial charge in [0.05, 0.1) is 18.1 Å². The number of thioether (sulfide) groups is 1. The van der Waals surface area contributed by atoms with Crippen molar-refractivity contribution in [2.24, 2.45) is 0 Å². The van der Waals surface area contributed by atoms with Gasteiger partial charge in [0.15, 0.2) is 11.5 Å². The molecule has 8 heteroatoms. The zero-order valence-corrected chi connectivity index (χ0v) is 17.7. The molecule has 2 aromatic carbocycles. The zero-order chi connectivity index (χ0) is 21.8. The summed E-state index contributed by atoms with van der Waals surface area (Å²) < 4.78 is 19.5. The van der Waals surface area contributed by atoms with Crippen molar-refractivity contribution in [3.05, 3.63) is 75.4 Å². The number of carbonyl (C=O) groups is 2. The number of benzene rings is 2. The molecule has 156 valence electrons. The number of rotatable bonds is 7. The lowest BCUT2D eigenvalue weighted by Crippen LogP contribution is -2.28. The molecule has 1 aliphatic heterocycles. The first-order valence-corrected chi connectivity index (χ1v) is 10.3. The van der Waals surface area contributed by atoms with Crippen molar-refractivity contribution < 1.29 is 23.8 Å². The summed E-state index contributed by atoms with van der Waals surface area (Å²) in [5.74, 6) is -0.836. The van der Waals surface area contributed by atoms with Crippen LogP contribution in [0.5, 0.6) is 11.5 Å². The molecular weight excluding hydrogens is 429 g/mol. The second kappa shape index (κ2) is 9.36. The van der Waals surface area contributed by atoms with E-state index in [1.54, 1.807) is 31.2 Å². The van der Waals surface area contributed by atoms with Crippen LogP contribution < -0.4 is 4.74 Å². The fraction of sp³-hybridized carbons (Fsp3) is 0.182. The number of nitrogens with zero attached hydrogens (tertiary/aromatic N) is 1. The molecule has 0 radical (unpaired) electrons. The molecule has 0 saturated carbocycles. The topological polar surface area (TPSA) is 66.8 Å². The molecule has 0 aliphatic carbocycles. The zero-order valence-electron chi connectivity index (χ0n) is 16.2. The molecule has 1 N–H and O–H groups in total. The molecule has 3 rings (SSSR count). The van der Waals surface area contributed by atoms with Gasteiger partial charge >= 0.3 is 0 Å². The number of phenols is 1. The van der Waals surface area contributed by atoms with E-state index >= 15 is 0 Å². The Hall–Kier alpha value is -2.77. The van der Waals surface area contributed by atoms with Crippen molar-refractivity contribution in [1.82, 2.24) is 4.90 Å². The SMILES string of the molecule is C=CCc1cc(/C=C2\SC(=O)N(Cc3c(F)cccc3Cl)C2=O)cc(OCC)c1O. The van der Waals surface area contributed by atoms with Gasteiger partial charge in [0.2, 0.25) is 0 Å². The number of imide groups is 1. The van der Waals surface area contributed by atoms with Crippen LogP contribution >= 0.6 is 23.4 Å². The van der Waals surface area contributed by atoms with Gasteiger partial charge in [0, 0.05) is 16.1 Å². The van der Waals surface area contributed by atoms with Crippen molar-refractivity contribution in [2.75, 3.05) is 6.61 Å². The van der Waals surface area contributed by atoms with Gasteiger partial charge in [-0.25, -0.2) is 4.39 Å². The molecule has 2 aromatic rings. The summed E-state index contributed by atoms with van der Waals surface area (Å²) in [6, 6.07) is 7.47. The van der Waals surface area contributed by atoms with Crippen molar-refractivity contribution in [2.45, 2.75) is 19.9 Å². The summed E-state index contributed by atoms with van der Waals surface area (Å²) in [6.45, 7) is 5.56. The van der Waals surface area contributed by atoms with Crippen LogP contribution in [0, 0.1) is 5.82 Å². The number of carbonyl (C=O) groups excluding carboxylic acids is 2. The third-order valence-corrected chi connectivity index (χ3v) is 5.65. The predicted molar refractivity (Wildman–Crippen MR) is 116 cm³/mol. The maximum absolute atomic E-state index is 14.1. The van der Waals surface area contributed by atoms with Crippen molar-refractivity contribution in [3.63, 3.8) is 0 Å². The molecule has 1 heterocycles. The van der Waals surface area contributed by atoms with Gasteiger partial charge < -0.3 is 9.84 Å². The standard InChI is InChI=1S/C22H19ClFNO4S/c1-3-6-14-9-13(10-18(20(14)26)29-4-2)11-19-21(27)25(22(28)30-19)12-15-16(23)7-5-8-17(15)24/h3,5,7-11,26H,1,4,6,12H2,2H3/b19-11-. The Morgan fingerprint density at radius 1 is 1.33 bits per heavy atom. The average molecular weight is 448 g/mol. The van der Waals surface area contributed by atoms with Crippen molar-refractivity contribution in [3.8, 4) is 11.5 Å². The summed E-state index contributed by atoms with van der Waals surface area (Å²) in [6.07, 6.45) is 3.59. The maximum atomic E-state index is 14.1. The first-order chi connectivity index (χ1) is 14.3. The monoisotopic (exact) mass is 447 g/mol. The summed E-state index contributed by atoms with van der Waals surface area (Å²) >= 11 is 6.78. The number of halogens is 2. The van der Waals surface area contributed by atoms with E-state index in [-0.39, 0.29) is 33.5 Å². The lowest BCUT2D eigenvalue weighted by atomic mass is 10.0. The molecule has 0 spiro atoms. The van der Waals surface area contributed by atoms with E-state index in [0.717, 1.165) is 16.7 Å². The predicted octanol–water partition coefficient (Wildman–Crippen LogP) is 5.55. The minimum Gasteiger partial charge on any atom is -0.504 e. The fourth-order valence-corrected chi connectivity index (χ4v) is 4.04. The number of allylic oxidation sites excluding steroid dienone is 1. The second-order valence-corrected chi connectivity index (χ2v) is 7.82. The first-order valence-electron chi connectivity index (χ1n) is 9.13. The van der Waals surface area contributed by atoms with Gasteiger partial charge in [-0.3, -0.25) is 14.5 Å². The van der Waals surface area contributed by atoms with Crippen LogP contribution in [0.1, 0.15) is 23.6 Å². The fourth-order valence-electron chi connectivity index (χ4n) is 2.98. The van der Waals surface area contributed by atoms with E-state index in [9.17, 15) is 19.1 Å². The number of amides is 2. The van der Waals surface area contributed by atoms with Crippen LogP contribution in [0.25, 0.3) is 6.08 Å². The quantitative estimate of drug-likeness (QED) is 0.445. The molecule has 2 amide bonds. The number of hydrogen-bond acceptors (Lipinski definition) is 5. The van der Waals surface area contributed by atoms with Gasteiger partial charge in [-0.15, -0.1) is 6.58 Å². The summed E-state index contributed by atoms with van der Waals surface area (Å²) in [5, 5.41) is 9.94. The normalized spacial score (nSPS) is 15.2. The van der Waals surface area contributed by atoms with E-state index in [1.807, 2.05) is 0 Å². The lowest BCUT2D eigenvalue weighted by Gasteiger charge is -2.14. The van der Waals surface area contributed by atoms with Gasteiger partial charge in [0.25, 0.3) is 11.1 Å². The minimum absolute atomic E-state index is 0.0104. The van der Waals surface area contributed by atoms with E-state index in [1.165, 1.54) is 18.2 Å². The van der Waals surface area contributed by atoms with E-state index in [2.05, 4.69) is 6.58 Å². The first kappa shape index (κ1) is 21.9. The molecular formula is C22H19ClFNO4S. The maximum Gasteiger partial charge on any atom is 0.293 e. The third kappa shape index (κ3) is 4.52. The molecule has 0 unspecified atom stereocenters. The van der Waals surface area contributed by atoms with Crippen LogP contribution in [0.15, 0.2) is 47.9 Å². The van der Waals surface area contributed by atoms with E-state index in [0.29, 0.717) is 24.2 Å². The van der Waals surface area contributed by atoms with Crippen LogP contribution in [0.2, 0.25) is 5.02 Å². The number of phenolic OH excluding ortho intramolecular Hbond substituents is 1. The Kier molecular flexibility index (Phi) is 6.84. The number of aromatic hydroxyl groups is 1. The number of ether oxygens (including phenoxy) is 1. The highest BCUT2D eigenvalue weighted by Crippen LogP contribution is 2.37. The molecule has 30 heavy (non-hydrogen) atoms.